The standard InChI is InChI=1S/C10H19N3O3/c1-16-7-10(15)12-8-2-4-13(5-3-8)6-9(11)14/h8H,2-7H2,1H3,(H2,11,14)(H,12,15). The van der Waals surface area contributed by atoms with E-state index in [1.807, 2.05) is 4.90 Å². The molecule has 0 aliphatic carbocycles. The zero-order valence-electron chi connectivity index (χ0n) is 9.57. The highest BCUT2D eigenvalue weighted by Gasteiger charge is 2.21. The Balaban J connectivity index is 2.21. The van der Waals surface area contributed by atoms with Gasteiger partial charge < -0.3 is 15.8 Å². The van der Waals surface area contributed by atoms with Gasteiger partial charge in [-0.25, -0.2) is 0 Å². The molecule has 1 saturated heterocycles. The zero-order chi connectivity index (χ0) is 12.0. The number of methoxy groups -OCH3 is 1. The Morgan fingerprint density at radius 1 is 1.44 bits per heavy atom. The molecular weight excluding hydrogens is 210 g/mol. The molecule has 0 spiro atoms. The van der Waals surface area contributed by atoms with Crippen molar-refractivity contribution in [3.8, 4) is 0 Å². The molecule has 1 rings (SSSR count). The lowest BCUT2D eigenvalue weighted by molar-refractivity contribution is -0.126. The topological polar surface area (TPSA) is 84.7 Å². The molecular formula is C10H19N3O3. The largest absolute Gasteiger partial charge is 0.375 e. The summed E-state index contributed by atoms with van der Waals surface area (Å²) in [5.74, 6) is -0.391. The van der Waals surface area contributed by atoms with Crippen LogP contribution in [0.5, 0.6) is 0 Å². The van der Waals surface area contributed by atoms with Gasteiger partial charge in [0.25, 0.3) is 0 Å². The number of rotatable bonds is 5. The second-order valence-corrected chi connectivity index (χ2v) is 4.02. The molecule has 0 aromatic carbocycles. The summed E-state index contributed by atoms with van der Waals surface area (Å²) in [5, 5.41) is 2.89. The van der Waals surface area contributed by atoms with Gasteiger partial charge in [-0.1, -0.05) is 0 Å². The minimum Gasteiger partial charge on any atom is -0.375 e. The number of nitrogens with two attached hydrogens (primary N) is 1. The summed E-state index contributed by atoms with van der Waals surface area (Å²) in [4.78, 5) is 24.0. The number of hydrogen-bond acceptors (Lipinski definition) is 4. The SMILES string of the molecule is COCC(=O)NC1CCN(CC(N)=O)CC1. The molecule has 6 heteroatoms. The number of ether oxygens (including phenoxy) is 1. The van der Waals surface area contributed by atoms with Gasteiger partial charge in [-0.3, -0.25) is 14.5 Å². The van der Waals surface area contributed by atoms with Crippen LogP contribution in [0.2, 0.25) is 0 Å². The Hall–Kier alpha value is -1.14. The average Bonchev–Trinajstić information content (AvgIpc) is 2.20. The molecule has 1 aliphatic rings. The lowest BCUT2D eigenvalue weighted by Crippen LogP contribution is -2.47. The maximum atomic E-state index is 11.2. The number of piperidine rings is 1. The fourth-order valence-corrected chi connectivity index (χ4v) is 1.86. The van der Waals surface area contributed by atoms with E-state index < -0.39 is 0 Å². The van der Waals surface area contributed by atoms with Crippen molar-refractivity contribution in [2.45, 2.75) is 18.9 Å². The Morgan fingerprint density at radius 3 is 2.56 bits per heavy atom. The van der Waals surface area contributed by atoms with E-state index in [1.165, 1.54) is 7.11 Å². The molecule has 2 amide bonds. The van der Waals surface area contributed by atoms with Crippen LogP contribution in [0.4, 0.5) is 0 Å². The van der Waals surface area contributed by atoms with Crippen molar-refractivity contribution in [3.63, 3.8) is 0 Å². The first-order chi connectivity index (χ1) is 7.61. The number of primary amides is 1. The van der Waals surface area contributed by atoms with Crippen molar-refractivity contribution in [2.24, 2.45) is 5.73 Å². The predicted octanol–water partition coefficient (Wildman–Crippen LogP) is -1.30. The number of carbonyl (C=O) groups is 2. The van der Waals surface area contributed by atoms with Gasteiger partial charge in [0.1, 0.15) is 6.61 Å². The third-order valence-corrected chi connectivity index (χ3v) is 2.61. The number of likely N-dealkylation sites (tertiary alicyclic amines) is 1. The molecule has 16 heavy (non-hydrogen) atoms. The summed E-state index contributed by atoms with van der Waals surface area (Å²) >= 11 is 0. The van der Waals surface area contributed by atoms with Crippen LogP contribution in [-0.2, 0) is 14.3 Å². The van der Waals surface area contributed by atoms with Crippen LogP contribution in [0.1, 0.15) is 12.8 Å². The van der Waals surface area contributed by atoms with Gasteiger partial charge in [0.2, 0.25) is 11.8 Å². The molecule has 0 bridgehead atoms. The second-order valence-electron chi connectivity index (χ2n) is 4.02. The molecule has 6 nitrogen and oxygen atoms in total. The van der Waals surface area contributed by atoms with Crippen molar-refractivity contribution in [2.75, 3.05) is 33.4 Å². The molecule has 0 saturated carbocycles. The van der Waals surface area contributed by atoms with Gasteiger partial charge in [-0.2, -0.15) is 0 Å². The van der Waals surface area contributed by atoms with Crippen LogP contribution in [0.15, 0.2) is 0 Å². The van der Waals surface area contributed by atoms with Crippen LogP contribution < -0.4 is 11.1 Å². The van der Waals surface area contributed by atoms with Crippen LogP contribution in [0.25, 0.3) is 0 Å². The normalized spacial score (nSPS) is 18.3. The molecule has 0 aromatic rings. The second kappa shape index (κ2) is 6.44. The predicted molar refractivity (Wildman–Crippen MR) is 58.7 cm³/mol. The first-order valence-electron chi connectivity index (χ1n) is 5.40. The molecule has 92 valence electrons. The van der Waals surface area contributed by atoms with E-state index >= 15 is 0 Å². The molecule has 0 radical (unpaired) electrons. The molecule has 0 unspecified atom stereocenters. The number of nitrogens with zero attached hydrogens (tertiary/aromatic N) is 1. The Bertz CT molecular complexity index is 250. The van der Waals surface area contributed by atoms with Crippen molar-refractivity contribution >= 4 is 11.8 Å². The highest BCUT2D eigenvalue weighted by atomic mass is 16.5. The third-order valence-electron chi connectivity index (χ3n) is 2.61. The van der Waals surface area contributed by atoms with Gasteiger partial charge in [0.15, 0.2) is 0 Å². The van der Waals surface area contributed by atoms with Crippen LogP contribution >= 0.6 is 0 Å². The fourth-order valence-electron chi connectivity index (χ4n) is 1.86. The van der Waals surface area contributed by atoms with E-state index in [4.69, 9.17) is 10.5 Å². The quantitative estimate of drug-likeness (QED) is 0.613. The van der Waals surface area contributed by atoms with E-state index in [9.17, 15) is 9.59 Å². The van der Waals surface area contributed by atoms with Crippen LogP contribution in [0, 0.1) is 0 Å². The first kappa shape index (κ1) is 12.9. The summed E-state index contributed by atoms with van der Waals surface area (Å²) in [6.07, 6.45) is 1.70. The van der Waals surface area contributed by atoms with Crippen molar-refractivity contribution in [1.82, 2.24) is 10.2 Å². The third kappa shape index (κ3) is 4.59. The van der Waals surface area contributed by atoms with Crippen LogP contribution in [0.3, 0.4) is 0 Å². The van der Waals surface area contributed by atoms with E-state index in [0.29, 0.717) is 6.54 Å². The molecule has 0 aromatic heterocycles. The Labute approximate surface area is 95.1 Å². The van der Waals surface area contributed by atoms with Gasteiger partial charge in [-0.05, 0) is 12.8 Å². The smallest absolute Gasteiger partial charge is 0.246 e. The Morgan fingerprint density at radius 2 is 2.06 bits per heavy atom. The fraction of sp³-hybridized carbons (Fsp3) is 0.800. The number of carbonyl (C=O) groups excluding carboxylic acids is 2. The zero-order valence-corrected chi connectivity index (χ0v) is 9.57. The van der Waals surface area contributed by atoms with E-state index in [0.717, 1.165) is 25.9 Å². The summed E-state index contributed by atoms with van der Waals surface area (Å²) in [6.45, 7) is 1.99. The molecule has 1 aliphatic heterocycles. The van der Waals surface area contributed by atoms with Crippen molar-refractivity contribution in [3.05, 3.63) is 0 Å². The maximum absolute atomic E-state index is 11.2. The highest BCUT2D eigenvalue weighted by molar-refractivity contribution is 5.77. The molecule has 0 atom stereocenters. The van der Waals surface area contributed by atoms with E-state index in [1.54, 1.807) is 0 Å². The minimum atomic E-state index is -0.304. The molecule has 1 heterocycles. The van der Waals surface area contributed by atoms with Gasteiger partial charge >= 0.3 is 0 Å². The minimum absolute atomic E-state index is 0.0872. The number of hydrogen-bond donors (Lipinski definition) is 2. The lowest BCUT2D eigenvalue weighted by atomic mass is 10.1. The van der Waals surface area contributed by atoms with E-state index in [2.05, 4.69) is 5.32 Å². The lowest BCUT2D eigenvalue weighted by Gasteiger charge is -2.31. The van der Waals surface area contributed by atoms with Crippen molar-refractivity contribution < 1.29 is 14.3 Å². The van der Waals surface area contributed by atoms with Crippen molar-refractivity contribution in [1.29, 1.82) is 0 Å². The Kier molecular flexibility index (Phi) is 5.21. The average molecular weight is 229 g/mol. The first-order valence-corrected chi connectivity index (χ1v) is 5.40. The van der Waals surface area contributed by atoms with E-state index in [-0.39, 0.29) is 24.5 Å². The monoisotopic (exact) mass is 229 g/mol. The number of amides is 2. The summed E-state index contributed by atoms with van der Waals surface area (Å²) in [5.41, 5.74) is 5.11. The summed E-state index contributed by atoms with van der Waals surface area (Å²) in [6, 6.07) is 0.187. The molecule has 3 N–H and O–H groups in total. The summed E-state index contributed by atoms with van der Waals surface area (Å²) in [7, 11) is 1.50. The van der Waals surface area contributed by atoms with Crippen LogP contribution in [-0.4, -0.2) is 56.1 Å². The maximum Gasteiger partial charge on any atom is 0.246 e. The van der Waals surface area contributed by atoms with Gasteiger partial charge in [0, 0.05) is 26.2 Å². The number of nitrogens with one attached hydrogen (secondary N) is 1. The van der Waals surface area contributed by atoms with Gasteiger partial charge in [-0.15, -0.1) is 0 Å². The summed E-state index contributed by atoms with van der Waals surface area (Å²) < 4.78 is 4.74. The highest BCUT2D eigenvalue weighted by Crippen LogP contribution is 2.09. The van der Waals surface area contributed by atoms with Gasteiger partial charge in [0.05, 0.1) is 6.54 Å². The molecule has 1 fully saturated rings.